The normalized spacial score (nSPS) is 26.3. The highest BCUT2D eigenvalue weighted by molar-refractivity contribution is 5.19. The molecule has 0 bridgehead atoms. The lowest BCUT2D eigenvalue weighted by Gasteiger charge is -2.13. The van der Waals surface area contributed by atoms with Gasteiger partial charge in [-0.05, 0) is 30.7 Å². The average Bonchev–Trinajstić information content (AvgIpc) is 3.05. The third-order valence-electron chi connectivity index (χ3n) is 3.37. The zero-order valence-corrected chi connectivity index (χ0v) is 9.65. The van der Waals surface area contributed by atoms with Gasteiger partial charge < -0.3 is 4.74 Å². The Morgan fingerprint density at radius 1 is 1.13 bits per heavy atom. The third kappa shape index (κ3) is 2.60. The molecule has 1 aliphatic rings. The van der Waals surface area contributed by atoms with E-state index in [-0.39, 0.29) is 0 Å². The van der Waals surface area contributed by atoms with Crippen molar-refractivity contribution in [3.8, 4) is 0 Å². The monoisotopic (exact) mass is 204 g/mol. The van der Waals surface area contributed by atoms with Gasteiger partial charge in [-0.25, -0.2) is 0 Å². The van der Waals surface area contributed by atoms with E-state index in [1.165, 1.54) is 18.4 Å². The fourth-order valence-corrected chi connectivity index (χ4v) is 2.29. The summed E-state index contributed by atoms with van der Waals surface area (Å²) in [5, 5.41) is 0. The molecule has 1 aromatic carbocycles. The molecule has 1 aliphatic heterocycles. The Morgan fingerprint density at radius 3 is 2.40 bits per heavy atom. The number of hydrogen-bond donors (Lipinski definition) is 0. The van der Waals surface area contributed by atoms with Crippen molar-refractivity contribution < 1.29 is 4.74 Å². The van der Waals surface area contributed by atoms with Gasteiger partial charge in [-0.15, -0.1) is 0 Å². The van der Waals surface area contributed by atoms with Crippen LogP contribution in [0.25, 0.3) is 0 Å². The molecule has 1 fully saturated rings. The van der Waals surface area contributed by atoms with Gasteiger partial charge in [0.1, 0.15) is 0 Å². The number of rotatable bonds is 5. The third-order valence-corrected chi connectivity index (χ3v) is 3.37. The summed E-state index contributed by atoms with van der Waals surface area (Å²) >= 11 is 0. The average molecular weight is 204 g/mol. The minimum absolute atomic E-state index is 0.528. The summed E-state index contributed by atoms with van der Waals surface area (Å²) in [6.45, 7) is 4.47. The Hall–Kier alpha value is -0.820. The van der Waals surface area contributed by atoms with Crippen LogP contribution in [0, 0.1) is 0 Å². The molecule has 0 aromatic heterocycles. The van der Waals surface area contributed by atoms with Crippen LogP contribution in [0.1, 0.15) is 44.6 Å². The number of epoxide rings is 1. The van der Waals surface area contributed by atoms with Gasteiger partial charge in [0.15, 0.2) is 0 Å². The van der Waals surface area contributed by atoms with Crippen LogP contribution in [0.15, 0.2) is 30.3 Å². The van der Waals surface area contributed by atoms with Crippen molar-refractivity contribution in [2.75, 3.05) is 0 Å². The van der Waals surface area contributed by atoms with Crippen LogP contribution in [0.2, 0.25) is 0 Å². The van der Waals surface area contributed by atoms with Gasteiger partial charge >= 0.3 is 0 Å². The van der Waals surface area contributed by atoms with Crippen LogP contribution < -0.4 is 0 Å². The van der Waals surface area contributed by atoms with Crippen LogP contribution in [0.5, 0.6) is 0 Å². The number of hydrogen-bond acceptors (Lipinski definition) is 1. The smallest absolute Gasteiger partial charge is 0.0847 e. The molecule has 3 unspecified atom stereocenters. The maximum atomic E-state index is 5.62. The molecule has 0 aliphatic carbocycles. The van der Waals surface area contributed by atoms with Crippen LogP contribution in [0.3, 0.4) is 0 Å². The molecular formula is C14H20O. The molecule has 1 saturated heterocycles. The summed E-state index contributed by atoms with van der Waals surface area (Å²) in [5.41, 5.74) is 1.46. The summed E-state index contributed by atoms with van der Waals surface area (Å²) < 4.78 is 5.62. The zero-order valence-electron chi connectivity index (χ0n) is 9.65. The first-order chi connectivity index (χ1) is 7.35. The van der Waals surface area contributed by atoms with Crippen molar-refractivity contribution in [3.63, 3.8) is 0 Å². The van der Waals surface area contributed by atoms with Crippen LogP contribution in [0.4, 0.5) is 0 Å². The highest BCUT2D eigenvalue weighted by Crippen LogP contribution is 2.35. The molecular weight excluding hydrogens is 184 g/mol. The molecule has 15 heavy (non-hydrogen) atoms. The molecule has 1 aromatic rings. The molecule has 0 N–H and O–H groups in total. The topological polar surface area (TPSA) is 12.5 Å². The van der Waals surface area contributed by atoms with Crippen molar-refractivity contribution in [1.82, 2.24) is 0 Å². The Morgan fingerprint density at radius 2 is 1.87 bits per heavy atom. The zero-order chi connectivity index (χ0) is 10.7. The first-order valence-electron chi connectivity index (χ1n) is 6.05. The largest absolute Gasteiger partial charge is 0.370 e. The highest BCUT2D eigenvalue weighted by Gasteiger charge is 2.38. The van der Waals surface area contributed by atoms with Crippen molar-refractivity contribution in [1.29, 1.82) is 0 Å². The second-order valence-electron chi connectivity index (χ2n) is 4.37. The SMILES string of the molecule is CCC(CC1OC1CC)c1ccccc1. The summed E-state index contributed by atoms with van der Waals surface area (Å²) in [6, 6.07) is 10.8. The van der Waals surface area contributed by atoms with Gasteiger partial charge in [-0.2, -0.15) is 0 Å². The number of ether oxygens (including phenoxy) is 1. The minimum Gasteiger partial charge on any atom is -0.370 e. The molecule has 1 nitrogen and oxygen atoms in total. The predicted octanol–water partition coefficient (Wildman–Crippen LogP) is 3.75. The van der Waals surface area contributed by atoms with Gasteiger partial charge in [0.2, 0.25) is 0 Å². The summed E-state index contributed by atoms with van der Waals surface area (Å²) in [7, 11) is 0. The van der Waals surface area contributed by atoms with Crippen LogP contribution in [-0.2, 0) is 4.74 Å². The van der Waals surface area contributed by atoms with E-state index in [4.69, 9.17) is 4.74 Å². The van der Waals surface area contributed by atoms with E-state index in [9.17, 15) is 0 Å². The summed E-state index contributed by atoms with van der Waals surface area (Å²) in [6.07, 6.45) is 4.64. The lowest BCUT2D eigenvalue weighted by atomic mass is 9.91. The Labute approximate surface area is 92.5 Å². The molecule has 2 rings (SSSR count). The first-order valence-corrected chi connectivity index (χ1v) is 6.05. The van der Waals surface area contributed by atoms with Crippen molar-refractivity contribution >= 4 is 0 Å². The molecule has 0 radical (unpaired) electrons. The van der Waals surface area contributed by atoms with Crippen LogP contribution >= 0.6 is 0 Å². The van der Waals surface area contributed by atoms with Crippen LogP contribution in [-0.4, -0.2) is 12.2 Å². The molecule has 0 amide bonds. The standard InChI is InChI=1S/C14H20O/c1-3-11(10-14-13(4-2)15-14)12-8-6-5-7-9-12/h5-9,11,13-14H,3-4,10H2,1-2H3. The summed E-state index contributed by atoms with van der Waals surface area (Å²) in [5.74, 6) is 0.674. The van der Waals surface area contributed by atoms with Crippen molar-refractivity contribution in [2.45, 2.75) is 51.2 Å². The van der Waals surface area contributed by atoms with Gasteiger partial charge in [-0.1, -0.05) is 44.2 Å². The lowest BCUT2D eigenvalue weighted by Crippen LogP contribution is -2.03. The minimum atomic E-state index is 0.528. The first kappa shape index (κ1) is 10.7. The van der Waals surface area contributed by atoms with Gasteiger partial charge in [0.25, 0.3) is 0 Å². The fourth-order valence-electron chi connectivity index (χ4n) is 2.29. The van der Waals surface area contributed by atoms with E-state index in [1.54, 1.807) is 0 Å². The van der Waals surface area contributed by atoms with E-state index in [0.29, 0.717) is 18.1 Å². The Balaban J connectivity index is 1.94. The summed E-state index contributed by atoms with van der Waals surface area (Å²) in [4.78, 5) is 0. The Bertz CT molecular complexity index is 293. The van der Waals surface area contributed by atoms with Gasteiger partial charge in [0, 0.05) is 0 Å². The lowest BCUT2D eigenvalue weighted by molar-refractivity contribution is 0.349. The maximum absolute atomic E-state index is 5.62. The fraction of sp³-hybridized carbons (Fsp3) is 0.571. The van der Waals surface area contributed by atoms with Crippen molar-refractivity contribution in [2.24, 2.45) is 0 Å². The molecule has 1 heteroatoms. The van der Waals surface area contributed by atoms with E-state index in [0.717, 1.165) is 6.42 Å². The predicted molar refractivity (Wildman–Crippen MR) is 63.0 cm³/mol. The van der Waals surface area contributed by atoms with Gasteiger partial charge in [0.05, 0.1) is 12.2 Å². The van der Waals surface area contributed by atoms with E-state index < -0.39 is 0 Å². The molecule has 1 heterocycles. The highest BCUT2D eigenvalue weighted by atomic mass is 16.6. The Kier molecular flexibility index (Phi) is 3.42. The van der Waals surface area contributed by atoms with Gasteiger partial charge in [-0.3, -0.25) is 0 Å². The van der Waals surface area contributed by atoms with E-state index >= 15 is 0 Å². The van der Waals surface area contributed by atoms with Crippen molar-refractivity contribution in [3.05, 3.63) is 35.9 Å². The quantitative estimate of drug-likeness (QED) is 0.665. The maximum Gasteiger partial charge on any atom is 0.0847 e. The second kappa shape index (κ2) is 4.80. The molecule has 0 spiro atoms. The molecule has 82 valence electrons. The van der Waals surface area contributed by atoms with E-state index in [1.807, 2.05) is 0 Å². The number of benzene rings is 1. The second-order valence-corrected chi connectivity index (χ2v) is 4.37. The molecule has 0 saturated carbocycles. The van der Waals surface area contributed by atoms with E-state index in [2.05, 4.69) is 44.2 Å². The molecule has 3 atom stereocenters.